The lowest BCUT2D eigenvalue weighted by Gasteiger charge is -2.39. The molecule has 0 radical (unpaired) electrons. The van der Waals surface area contributed by atoms with Crippen LogP contribution in [0.3, 0.4) is 0 Å². The zero-order chi connectivity index (χ0) is 28.0. The normalized spacial score (nSPS) is 32.0. The quantitative estimate of drug-likeness (QED) is 0.106. The van der Waals surface area contributed by atoms with Gasteiger partial charge in [-0.25, -0.2) is 9.59 Å². The number of ether oxygens (including phenoxy) is 4. The van der Waals surface area contributed by atoms with Crippen LogP contribution in [0.5, 0.6) is 5.75 Å². The molecule has 2 fully saturated rings. The standard InChI is InChI=1S/C25H30O13/c1-12(11-36-17(28)7-4-13-2-5-14(27)6-3-13)18(29)23-19(30)15(24(34)38-23)8-9-35-25-22(33)21(32)20(31)16(10-26)37-25/h2-8,11,16,18-23,25-27,29-33H,9-10H2,1H3/b7-4+,12-11+,15-8-/t16-,18-,19+,20+,21+,22+,23+,25-/m0/s1. The first kappa shape index (κ1) is 29.4. The molecule has 0 aliphatic carbocycles. The number of phenolic OH excluding ortho intramolecular Hbond substituents is 1. The van der Waals surface area contributed by atoms with Gasteiger partial charge in [-0.15, -0.1) is 0 Å². The lowest BCUT2D eigenvalue weighted by Crippen LogP contribution is -2.59. The molecule has 0 aromatic heterocycles. The number of hydrogen-bond acceptors (Lipinski definition) is 13. The number of phenols is 1. The molecule has 1 aromatic rings. The zero-order valence-electron chi connectivity index (χ0n) is 20.2. The first-order valence-corrected chi connectivity index (χ1v) is 11.6. The molecule has 208 valence electrons. The summed E-state index contributed by atoms with van der Waals surface area (Å²) in [5.41, 5.74) is 0.462. The highest BCUT2D eigenvalue weighted by molar-refractivity contribution is 5.92. The molecule has 38 heavy (non-hydrogen) atoms. The number of cyclic esters (lactones) is 1. The Balaban J connectivity index is 1.55. The van der Waals surface area contributed by atoms with Crippen LogP contribution in [0.25, 0.3) is 6.08 Å². The number of aliphatic hydroxyl groups is 6. The van der Waals surface area contributed by atoms with Crippen LogP contribution < -0.4 is 0 Å². The Morgan fingerprint density at radius 1 is 1.11 bits per heavy atom. The molecule has 2 aliphatic heterocycles. The highest BCUT2D eigenvalue weighted by Crippen LogP contribution is 2.27. The smallest absolute Gasteiger partial charge is 0.337 e. The van der Waals surface area contributed by atoms with E-state index in [0.717, 1.165) is 18.4 Å². The molecule has 2 saturated heterocycles. The zero-order valence-corrected chi connectivity index (χ0v) is 20.2. The van der Waals surface area contributed by atoms with Crippen molar-refractivity contribution < 1.29 is 64.3 Å². The fourth-order valence-corrected chi connectivity index (χ4v) is 3.70. The van der Waals surface area contributed by atoms with E-state index >= 15 is 0 Å². The third-order valence-corrected chi connectivity index (χ3v) is 5.96. The van der Waals surface area contributed by atoms with Gasteiger partial charge in [-0.1, -0.05) is 12.1 Å². The minimum atomic E-state index is -1.65. The molecule has 0 bridgehead atoms. The second-order valence-electron chi connectivity index (χ2n) is 8.67. The van der Waals surface area contributed by atoms with Gasteiger partial charge in [-0.3, -0.25) is 0 Å². The molecule has 0 spiro atoms. The number of carbonyl (C=O) groups excluding carboxylic acids is 2. The molecule has 13 nitrogen and oxygen atoms in total. The van der Waals surface area contributed by atoms with Crippen LogP contribution in [0, 0.1) is 0 Å². The number of rotatable bonds is 9. The van der Waals surface area contributed by atoms with Crippen molar-refractivity contribution in [1.82, 2.24) is 0 Å². The van der Waals surface area contributed by atoms with Gasteiger partial charge in [0.1, 0.15) is 42.4 Å². The molecule has 0 unspecified atom stereocenters. The number of benzene rings is 1. The molecule has 0 amide bonds. The van der Waals surface area contributed by atoms with Gasteiger partial charge in [0.2, 0.25) is 0 Å². The molecular weight excluding hydrogens is 508 g/mol. The maximum atomic E-state index is 12.2. The average Bonchev–Trinajstić information content (AvgIpc) is 3.19. The molecule has 7 N–H and O–H groups in total. The van der Waals surface area contributed by atoms with Crippen LogP contribution in [0.2, 0.25) is 0 Å². The Hall–Kier alpha value is -3.14. The predicted octanol–water partition coefficient (Wildman–Crippen LogP) is -1.76. The summed E-state index contributed by atoms with van der Waals surface area (Å²) in [7, 11) is 0. The van der Waals surface area contributed by atoms with E-state index in [1.807, 2.05) is 0 Å². The number of aromatic hydroxyl groups is 1. The van der Waals surface area contributed by atoms with Crippen LogP contribution >= 0.6 is 0 Å². The lowest BCUT2D eigenvalue weighted by molar-refractivity contribution is -0.298. The molecule has 13 heteroatoms. The highest BCUT2D eigenvalue weighted by Gasteiger charge is 2.45. The van der Waals surface area contributed by atoms with E-state index in [1.54, 1.807) is 12.1 Å². The summed E-state index contributed by atoms with van der Waals surface area (Å²) in [6, 6.07) is 6.06. The molecule has 8 atom stereocenters. The monoisotopic (exact) mass is 538 g/mol. The topological polar surface area (TPSA) is 213 Å². The lowest BCUT2D eigenvalue weighted by atomic mass is 9.99. The van der Waals surface area contributed by atoms with Crippen LogP contribution in [0.1, 0.15) is 12.5 Å². The second kappa shape index (κ2) is 13.1. The third kappa shape index (κ3) is 7.03. The highest BCUT2D eigenvalue weighted by atomic mass is 16.7. The van der Waals surface area contributed by atoms with Crippen molar-refractivity contribution in [2.24, 2.45) is 0 Å². The maximum absolute atomic E-state index is 12.2. The van der Waals surface area contributed by atoms with Crippen molar-refractivity contribution in [2.75, 3.05) is 13.2 Å². The number of esters is 2. The minimum Gasteiger partial charge on any atom is -0.508 e. The van der Waals surface area contributed by atoms with Crippen LogP contribution in [-0.2, 0) is 28.5 Å². The SMILES string of the molecule is C/C(=C\OC(=O)/C=C/c1ccc(O)cc1)[C@H](O)[C@H]1OC(=O)/C(=C\CO[C@H]2O[C@@H](CO)[C@@H](O)[C@@H](O)[C@H]2O)[C@H]1O. The molecular formula is C25H30O13. The Morgan fingerprint density at radius 2 is 1.79 bits per heavy atom. The summed E-state index contributed by atoms with van der Waals surface area (Å²) < 4.78 is 20.5. The summed E-state index contributed by atoms with van der Waals surface area (Å²) in [4.78, 5) is 24.2. The number of hydrogen-bond donors (Lipinski definition) is 7. The first-order chi connectivity index (χ1) is 18.0. The Bertz CT molecular complexity index is 1060. The Labute approximate surface area is 217 Å². The summed E-state index contributed by atoms with van der Waals surface area (Å²) >= 11 is 0. The van der Waals surface area contributed by atoms with E-state index in [0.29, 0.717) is 5.56 Å². The van der Waals surface area contributed by atoms with Crippen molar-refractivity contribution >= 4 is 18.0 Å². The van der Waals surface area contributed by atoms with E-state index in [-0.39, 0.29) is 16.9 Å². The molecule has 1 aromatic carbocycles. The maximum Gasteiger partial charge on any atom is 0.337 e. The van der Waals surface area contributed by atoms with Crippen molar-refractivity contribution in [3.05, 3.63) is 59.4 Å². The summed E-state index contributed by atoms with van der Waals surface area (Å²) in [5, 5.41) is 69.1. The second-order valence-corrected chi connectivity index (χ2v) is 8.67. The number of carbonyl (C=O) groups is 2. The van der Waals surface area contributed by atoms with Gasteiger partial charge >= 0.3 is 11.9 Å². The van der Waals surface area contributed by atoms with Gasteiger partial charge in [0, 0.05) is 6.08 Å². The van der Waals surface area contributed by atoms with Crippen molar-refractivity contribution in [1.29, 1.82) is 0 Å². The fourth-order valence-electron chi connectivity index (χ4n) is 3.70. The van der Waals surface area contributed by atoms with Gasteiger partial charge in [0.25, 0.3) is 0 Å². The summed E-state index contributed by atoms with van der Waals surface area (Å²) in [6.45, 7) is 0.353. The van der Waals surface area contributed by atoms with Gasteiger partial charge < -0.3 is 54.7 Å². The molecule has 2 heterocycles. The third-order valence-electron chi connectivity index (χ3n) is 5.96. The van der Waals surface area contributed by atoms with Crippen molar-refractivity contribution in [2.45, 2.75) is 55.9 Å². The predicted molar refractivity (Wildman–Crippen MR) is 127 cm³/mol. The van der Waals surface area contributed by atoms with E-state index in [4.69, 9.17) is 18.9 Å². The molecule has 2 aliphatic rings. The number of aliphatic hydroxyl groups excluding tert-OH is 6. The first-order valence-electron chi connectivity index (χ1n) is 11.6. The minimum absolute atomic E-state index is 0.0754. The average molecular weight is 539 g/mol. The van der Waals surface area contributed by atoms with E-state index < -0.39 is 74.2 Å². The fraction of sp³-hybridized carbons (Fsp3) is 0.440. The van der Waals surface area contributed by atoms with Gasteiger partial charge in [0.15, 0.2) is 12.4 Å². The summed E-state index contributed by atoms with van der Waals surface area (Å²) in [5.74, 6) is -1.63. The van der Waals surface area contributed by atoms with Crippen LogP contribution in [0.15, 0.2) is 53.8 Å². The van der Waals surface area contributed by atoms with Gasteiger partial charge in [-0.2, -0.15) is 0 Å². The van der Waals surface area contributed by atoms with E-state index in [1.165, 1.54) is 25.1 Å². The van der Waals surface area contributed by atoms with Gasteiger partial charge in [0.05, 0.1) is 25.0 Å². The molecule has 0 saturated carbocycles. The van der Waals surface area contributed by atoms with E-state index in [9.17, 15) is 45.3 Å². The van der Waals surface area contributed by atoms with Crippen molar-refractivity contribution in [3.8, 4) is 5.75 Å². The van der Waals surface area contributed by atoms with Crippen molar-refractivity contribution in [3.63, 3.8) is 0 Å². The Morgan fingerprint density at radius 3 is 2.45 bits per heavy atom. The molecule has 3 rings (SSSR count). The largest absolute Gasteiger partial charge is 0.508 e. The van der Waals surface area contributed by atoms with E-state index in [2.05, 4.69) is 0 Å². The summed E-state index contributed by atoms with van der Waals surface area (Å²) in [6.07, 6.45) is -7.33. The Kier molecular flexibility index (Phi) is 10.1. The van der Waals surface area contributed by atoms with Crippen LogP contribution in [0.4, 0.5) is 0 Å². The van der Waals surface area contributed by atoms with Gasteiger partial charge in [-0.05, 0) is 42.3 Å². The van der Waals surface area contributed by atoms with Crippen LogP contribution in [-0.4, -0.2) is 110 Å².